The Morgan fingerprint density at radius 3 is 2.76 bits per heavy atom. The maximum absolute atomic E-state index is 11.1. The highest BCUT2D eigenvalue weighted by Gasteiger charge is 2.20. The second-order valence-electron chi connectivity index (χ2n) is 4.66. The monoisotopic (exact) mass is 238 g/mol. The van der Waals surface area contributed by atoms with E-state index < -0.39 is 12.0 Å². The van der Waals surface area contributed by atoms with Gasteiger partial charge in [0.15, 0.2) is 0 Å². The maximum Gasteiger partial charge on any atom is 0.325 e. The van der Waals surface area contributed by atoms with Crippen molar-refractivity contribution in [3.05, 3.63) is 30.1 Å². The van der Waals surface area contributed by atoms with Crippen molar-refractivity contribution in [3.63, 3.8) is 0 Å². The Labute approximate surface area is 101 Å². The van der Waals surface area contributed by atoms with Gasteiger partial charge in [0.25, 0.3) is 0 Å². The van der Waals surface area contributed by atoms with Gasteiger partial charge in [-0.25, -0.2) is 0 Å². The molecule has 1 rings (SSSR count). The van der Waals surface area contributed by atoms with E-state index in [0.717, 1.165) is 0 Å². The fourth-order valence-corrected chi connectivity index (χ4v) is 1.24. The molecule has 1 aromatic heterocycles. The highest BCUT2D eigenvalue weighted by molar-refractivity contribution is 5.75. The molecule has 0 bridgehead atoms. The molecule has 0 aliphatic rings. The number of carboxylic acid groups (broad SMARTS) is 1. The topological polar surface area (TPSA) is 71.5 Å². The predicted octanol–water partition coefficient (Wildman–Crippen LogP) is 1.57. The van der Waals surface area contributed by atoms with Gasteiger partial charge in [0.1, 0.15) is 6.04 Å². The average molecular weight is 238 g/mol. The summed E-state index contributed by atoms with van der Waals surface area (Å²) in [6.45, 7) is 5.91. The highest BCUT2D eigenvalue weighted by atomic mass is 16.5. The minimum atomic E-state index is -0.949. The fourth-order valence-electron chi connectivity index (χ4n) is 1.24. The van der Waals surface area contributed by atoms with E-state index in [0.29, 0.717) is 5.56 Å². The van der Waals surface area contributed by atoms with Crippen LogP contribution in [0.2, 0.25) is 0 Å². The van der Waals surface area contributed by atoms with Crippen LogP contribution in [0.5, 0.6) is 0 Å². The minimum absolute atomic E-state index is 0.176. The molecule has 1 unspecified atom stereocenters. The summed E-state index contributed by atoms with van der Waals surface area (Å²) in [7, 11) is 0. The van der Waals surface area contributed by atoms with Crippen molar-refractivity contribution in [2.24, 2.45) is 0 Å². The van der Waals surface area contributed by atoms with Crippen LogP contribution in [0.4, 0.5) is 0 Å². The molecule has 0 spiro atoms. The smallest absolute Gasteiger partial charge is 0.325 e. The van der Waals surface area contributed by atoms with Gasteiger partial charge >= 0.3 is 5.97 Å². The number of rotatable bonds is 5. The quantitative estimate of drug-likeness (QED) is 0.762. The Bertz CT molecular complexity index is 360. The number of hydrogen-bond acceptors (Lipinski definition) is 4. The van der Waals surface area contributed by atoms with Gasteiger partial charge in [-0.1, -0.05) is 6.07 Å². The van der Waals surface area contributed by atoms with Gasteiger partial charge in [0.2, 0.25) is 0 Å². The molecule has 0 radical (unpaired) electrons. The van der Waals surface area contributed by atoms with Crippen LogP contribution in [0.15, 0.2) is 24.5 Å². The van der Waals surface area contributed by atoms with Crippen molar-refractivity contribution in [2.45, 2.75) is 32.4 Å². The first kappa shape index (κ1) is 13.6. The number of ether oxygens (including phenoxy) is 1. The third kappa shape index (κ3) is 4.93. The van der Waals surface area contributed by atoms with Crippen molar-refractivity contribution in [2.75, 3.05) is 6.73 Å². The highest BCUT2D eigenvalue weighted by Crippen LogP contribution is 2.12. The van der Waals surface area contributed by atoms with Crippen LogP contribution in [0, 0.1) is 0 Å². The molecule has 1 atom stereocenters. The maximum atomic E-state index is 11.1. The summed E-state index contributed by atoms with van der Waals surface area (Å²) >= 11 is 0. The first-order valence-electron chi connectivity index (χ1n) is 5.40. The Balaban J connectivity index is 2.60. The molecule has 17 heavy (non-hydrogen) atoms. The zero-order valence-corrected chi connectivity index (χ0v) is 10.3. The Morgan fingerprint density at radius 1 is 1.59 bits per heavy atom. The van der Waals surface area contributed by atoms with Crippen molar-refractivity contribution < 1.29 is 14.6 Å². The van der Waals surface area contributed by atoms with Crippen LogP contribution in [-0.4, -0.2) is 28.4 Å². The number of carbonyl (C=O) groups is 1. The number of aliphatic carboxylic acids is 1. The molecule has 0 saturated heterocycles. The van der Waals surface area contributed by atoms with Crippen LogP contribution < -0.4 is 5.32 Å². The lowest BCUT2D eigenvalue weighted by atomic mass is 10.1. The van der Waals surface area contributed by atoms with Gasteiger partial charge in [-0.3, -0.25) is 15.1 Å². The second kappa shape index (κ2) is 5.75. The summed E-state index contributed by atoms with van der Waals surface area (Å²) < 4.78 is 5.44. The number of carboxylic acids is 1. The molecule has 0 amide bonds. The van der Waals surface area contributed by atoms with Crippen molar-refractivity contribution in [1.82, 2.24) is 10.3 Å². The van der Waals surface area contributed by atoms with Crippen LogP contribution >= 0.6 is 0 Å². The van der Waals surface area contributed by atoms with E-state index in [2.05, 4.69) is 10.3 Å². The first-order chi connectivity index (χ1) is 7.90. The van der Waals surface area contributed by atoms with Crippen LogP contribution in [-0.2, 0) is 9.53 Å². The van der Waals surface area contributed by atoms with Gasteiger partial charge in [-0.2, -0.15) is 0 Å². The Morgan fingerprint density at radius 2 is 2.29 bits per heavy atom. The van der Waals surface area contributed by atoms with Crippen molar-refractivity contribution in [3.8, 4) is 0 Å². The number of pyridine rings is 1. The van der Waals surface area contributed by atoms with E-state index in [1.165, 1.54) is 6.20 Å². The molecule has 5 nitrogen and oxygen atoms in total. The van der Waals surface area contributed by atoms with Crippen LogP contribution in [0.1, 0.15) is 32.4 Å². The summed E-state index contributed by atoms with van der Waals surface area (Å²) in [5.41, 5.74) is 0.308. The standard InChI is InChI=1S/C12H18N2O3/c1-12(2,3)17-8-14-10(11(15)16)9-5-4-6-13-7-9/h4-7,10,14H,8H2,1-3H3,(H,15,16). The molecule has 94 valence electrons. The molecule has 2 N–H and O–H groups in total. The van der Waals surface area contributed by atoms with Crippen LogP contribution in [0.25, 0.3) is 0 Å². The predicted molar refractivity (Wildman–Crippen MR) is 63.5 cm³/mol. The largest absolute Gasteiger partial charge is 0.480 e. The third-order valence-corrected chi connectivity index (χ3v) is 2.06. The molecule has 1 aromatic rings. The molecular formula is C12H18N2O3. The summed E-state index contributed by atoms with van der Waals surface area (Å²) in [6.07, 6.45) is 3.14. The van der Waals surface area contributed by atoms with Gasteiger partial charge in [0.05, 0.1) is 12.3 Å². The number of hydrogen-bond donors (Lipinski definition) is 2. The van der Waals surface area contributed by atoms with E-state index in [9.17, 15) is 4.79 Å². The summed E-state index contributed by atoms with van der Waals surface area (Å²) in [4.78, 5) is 15.0. The van der Waals surface area contributed by atoms with E-state index in [1.807, 2.05) is 20.8 Å². The van der Waals surface area contributed by atoms with Gasteiger partial charge in [0, 0.05) is 12.4 Å². The lowest BCUT2D eigenvalue weighted by Gasteiger charge is -2.22. The fraction of sp³-hybridized carbons (Fsp3) is 0.500. The molecule has 0 aliphatic carbocycles. The third-order valence-electron chi connectivity index (χ3n) is 2.06. The van der Waals surface area contributed by atoms with E-state index in [1.54, 1.807) is 18.3 Å². The SMILES string of the molecule is CC(C)(C)OCNC(C(=O)O)c1cccnc1. The number of nitrogens with one attached hydrogen (secondary N) is 1. The normalized spacial score (nSPS) is 13.4. The zero-order chi connectivity index (χ0) is 12.9. The first-order valence-corrected chi connectivity index (χ1v) is 5.40. The molecule has 5 heteroatoms. The molecule has 0 saturated carbocycles. The van der Waals surface area contributed by atoms with Gasteiger partial charge < -0.3 is 9.84 Å². The minimum Gasteiger partial charge on any atom is -0.480 e. The molecule has 0 aromatic carbocycles. The number of nitrogens with zero attached hydrogens (tertiary/aromatic N) is 1. The van der Waals surface area contributed by atoms with Crippen molar-refractivity contribution in [1.29, 1.82) is 0 Å². The van der Waals surface area contributed by atoms with Crippen molar-refractivity contribution >= 4 is 5.97 Å². The average Bonchev–Trinajstić information content (AvgIpc) is 2.23. The second-order valence-corrected chi connectivity index (χ2v) is 4.66. The summed E-state index contributed by atoms with van der Waals surface area (Å²) in [6, 6.07) is 2.62. The van der Waals surface area contributed by atoms with Gasteiger partial charge in [-0.15, -0.1) is 0 Å². The van der Waals surface area contributed by atoms with Crippen LogP contribution in [0.3, 0.4) is 0 Å². The van der Waals surface area contributed by atoms with E-state index >= 15 is 0 Å². The molecule has 0 aliphatic heterocycles. The van der Waals surface area contributed by atoms with E-state index in [-0.39, 0.29) is 12.3 Å². The Hall–Kier alpha value is -1.46. The molecule has 0 fully saturated rings. The summed E-state index contributed by atoms with van der Waals surface area (Å²) in [5, 5.41) is 11.9. The molecular weight excluding hydrogens is 220 g/mol. The van der Waals surface area contributed by atoms with E-state index in [4.69, 9.17) is 9.84 Å². The zero-order valence-electron chi connectivity index (χ0n) is 10.3. The lowest BCUT2D eigenvalue weighted by molar-refractivity contribution is -0.140. The number of aromatic nitrogens is 1. The lowest BCUT2D eigenvalue weighted by Crippen LogP contribution is -2.34. The van der Waals surface area contributed by atoms with Gasteiger partial charge in [-0.05, 0) is 32.4 Å². The molecule has 1 heterocycles. The Kier molecular flexibility index (Phi) is 4.60. The summed E-state index contributed by atoms with van der Waals surface area (Å²) in [5.74, 6) is -0.949.